The van der Waals surface area contributed by atoms with Crippen molar-refractivity contribution in [2.24, 2.45) is 5.92 Å². The van der Waals surface area contributed by atoms with Crippen molar-refractivity contribution in [1.29, 1.82) is 0 Å². The molecule has 11 aromatic rings. The average Bonchev–Trinajstić information content (AvgIpc) is 1.63. The lowest BCUT2D eigenvalue weighted by Crippen LogP contribution is -2.38. The van der Waals surface area contributed by atoms with E-state index < -0.39 is 23.4 Å². The number of hydrogen-bond acceptors (Lipinski definition) is 15. The Morgan fingerprint density at radius 3 is 1.22 bits per heavy atom. The topological polar surface area (TPSA) is 264 Å². The Labute approximate surface area is 640 Å². The number of nitrogens with zero attached hydrogens (tertiary/aromatic N) is 12. The van der Waals surface area contributed by atoms with Gasteiger partial charge in [0.25, 0.3) is 35.4 Å². The van der Waals surface area contributed by atoms with Gasteiger partial charge in [0, 0.05) is 118 Å². The van der Waals surface area contributed by atoms with Crippen LogP contribution in [0.4, 0.5) is 13.2 Å². The van der Waals surface area contributed by atoms with Crippen molar-refractivity contribution in [3.63, 3.8) is 0 Å². The smallest absolute Gasteiger partial charge is 0.272 e. The number of thiophene rings is 1. The number of likely N-dealkylation sites (tertiary alicyclic amines) is 3. The third-order valence-corrected chi connectivity index (χ3v) is 21.9. The first-order valence-electron chi connectivity index (χ1n) is 38.5. The van der Waals surface area contributed by atoms with E-state index in [9.17, 15) is 28.8 Å². The lowest BCUT2D eigenvalue weighted by atomic mass is 10.1. The summed E-state index contributed by atoms with van der Waals surface area (Å²) in [5.74, 6) is -1.76. The molecular weight excluding hydrogens is 1420 g/mol. The fourth-order valence-electron chi connectivity index (χ4n) is 14.4. The highest BCUT2D eigenvalue weighted by atomic mass is 32.1. The first-order chi connectivity index (χ1) is 53.3. The van der Waals surface area contributed by atoms with E-state index in [1.54, 1.807) is 104 Å². The fraction of sp³-hybridized carbons (Fsp3) is 0.398. The predicted molar refractivity (Wildman–Crippen MR) is 414 cm³/mol. The number of carbonyl (C=O) groups is 6. The number of carbonyl (C=O) groups excluding carboxylic acids is 6. The van der Waals surface area contributed by atoms with Crippen molar-refractivity contribution in [3.05, 3.63) is 206 Å². The van der Waals surface area contributed by atoms with Crippen molar-refractivity contribution in [1.82, 2.24) is 80.0 Å². The van der Waals surface area contributed by atoms with Crippen LogP contribution < -0.4 is 21.5 Å². The minimum atomic E-state index is -0.568. The Morgan fingerprint density at radius 2 is 0.864 bits per heavy atom. The molecule has 4 fully saturated rings. The van der Waals surface area contributed by atoms with Crippen molar-refractivity contribution in [2.75, 3.05) is 26.2 Å². The van der Waals surface area contributed by atoms with Crippen molar-refractivity contribution < 1.29 is 46.4 Å². The molecule has 8 aromatic heterocycles. The monoisotopic (exact) mass is 1510 g/mol. The number of furan rings is 1. The third kappa shape index (κ3) is 18.0. The molecule has 574 valence electrons. The SMILES string of the molecule is CCc1cc(C(=O)N2CCCCCC2C)nc2cc(-c3ccc(C(=O)NCc4ccco4)cc3F)nn12.CCc1cc(C(=O)N2CCCCCC2C)nc2cc(-c3ccc(C(=O)NCc4cccs4)cc3F)nn12.CCc1cc(C(=O)N2CCCCCC2C)nc2cc(-c3ccc(C(=O)NNCC4CC4)cc3F)nn12. The van der Waals surface area contributed by atoms with Gasteiger partial charge in [-0.2, -0.15) is 15.3 Å². The van der Waals surface area contributed by atoms with Crippen LogP contribution in [-0.4, -0.2) is 138 Å². The molecule has 23 nitrogen and oxygen atoms in total. The summed E-state index contributed by atoms with van der Waals surface area (Å²) in [5.41, 5.74) is 13.3. The third-order valence-electron chi connectivity index (χ3n) is 21.0. The minimum Gasteiger partial charge on any atom is -0.467 e. The summed E-state index contributed by atoms with van der Waals surface area (Å²) in [6, 6.07) is 31.3. The van der Waals surface area contributed by atoms with Crippen LogP contribution in [0.3, 0.4) is 0 Å². The zero-order valence-corrected chi connectivity index (χ0v) is 63.8. The highest BCUT2D eigenvalue weighted by Gasteiger charge is 2.31. The second kappa shape index (κ2) is 35.2. The molecule has 3 aliphatic heterocycles. The summed E-state index contributed by atoms with van der Waals surface area (Å²) in [6.07, 6.45) is 18.5. The van der Waals surface area contributed by atoms with Gasteiger partial charge in [-0.3, -0.25) is 34.2 Å². The number of hydrogen-bond donors (Lipinski definition) is 4. The molecular formula is C83H93F3N16O7S. The number of benzene rings is 3. The van der Waals surface area contributed by atoms with Gasteiger partial charge in [0.15, 0.2) is 16.9 Å². The second-order valence-electron chi connectivity index (χ2n) is 28.8. The second-order valence-corrected chi connectivity index (χ2v) is 29.9. The van der Waals surface area contributed by atoms with E-state index in [2.05, 4.69) is 72.5 Å². The van der Waals surface area contributed by atoms with Crippen molar-refractivity contribution >= 4 is 63.7 Å². The summed E-state index contributed by atoms with van der Waals surface area (Å²) in [5, 5.41) is 21.2. The van der Waals surface area contributed by atoms with E-state index in [1.807, 2.05) is 53.0 Å². The van der Waals surface area contributed by atoms with Gasteiger partial charge in [-0.1, -0.05) is 65.4 Å². The number of aryl methyl sites for hydroxylation is 3. The Bertz CT molecular complexity index is 4930. The summed E-state index contributed by atoms with van der Waals surface area (Å²) < 4.78 is 55.5. The average molecular weight is 1520 g/mol. The van der Waals surface area contributed by atoms with E-state index in [4.69, 9.17) is 4.42 Å². The molecule has 0 bridgehead atoms. The highest BCUT2D eigenvalue weighted by molar-refractivity contribution is 7.09. The Hall–Kier alpha value is -10.9. The number of amides is 6. The van der Waals surface area contributed by atoms with Crippen LogP contribution in [0.5, 0.6) is 0 Å². The van der Waals surface area contributed by atoms with Crippen LogP contribution in [0.2, 0.25) is 0 Å². The number of fused-ring (bicyclic) bond motifs is 3. The summed E-state index contributed by atoms with van der Waals surface area (Å²) in [4.78, 5) is 98.0. The number of hydrazine groups is 1. The largest absolute Gasteiger partial charge is 0.467 e. The lowest BCUT2D eigenvalue weighted by molar-refractivity contribution is 0.0684. The molecule has 0 radical (unpaired) electrons. The van der Waals surface area contributed by atoms with Gasteiger partial charge in [0.2, 0.25) is 0 Å². The Morgan fingerprint density at radius 1 is 0.464 bits per heavy atom. The maximum Gasteiger partial charge on any atom is 0.272 e. The van der Waals surface area contributed by atoms with Gasteiger partial charge in [0.05, 0.1) is 36.4 Å². The number of rotatable bonds is 19. The molecule has 0 spiro atoms. The Kier molecular flexibility index (Phi) is 24.7. The molecule has 1 saturated carbocycles. The molecule has 11 heterocycles. The van der Waals surface area contributed by atoms with Gasteiger partial charge in [0.1, 0.15) is 40.3 Å². The standard InChI is InChI=1S/C28H30FN5O3.C28H30FN5O2S.C27H33FN6O2/c2*1-3-20-15-25(28(36)33-12-6-4-5-8-18(33)2)31-26-16-24(32-34(20)26)22-11-10-19(14-23(22)29)27(35)30-17-21-9-7-13-37-21;1-3-20-14-24(27(36)33-12-6-4-5-7-17(33)2)30-25-15-23(32-34(20)25)21-11-10-19(13-22(21)28)26(35)31-29-16-18-8-9-18/h2*7,9-11,13-16,18H,3-6,8,12,17H2,1-2H3,(H,30,35);10-11,13-15,17-18,29H,3-9,12,16H2,1-2H3,(H,31,35). The molecule has 4 aliphatic rings. The minimum absolute atomic E-state index is 0.0683. The van der Waals surface area contributed by atoms with Crippen molar-refractivity contribution in [3.8, 4) is 33.8 Å². The summed E-state index contributed by atoms with van der Waals surface area (Å²) in [6.45, 7) is 15.8. The zero-order valence-electron chi connectivity index (χ0n) is 63.0. The number of halogens is 3. The number of nitrogens with one attached hydrogen (secondary N) is 4. The maximum absolute atomic E-state index is 15.1. The molecule has 1 aliphatic carbocycles. The van der Waals surface area contributed by atoms with Gasteiger partial charge in [-0.15, -0.1) is 11.3 Å². The Balaban J connectivity index is 0.000000145. The fourth-order valence-corrected chi connectivity index (χ4v) is 15.0. The lowest BCUT2D eigenvalue weighted by Gasteiger charge is -2.27. The van der Waals surface area contributed by atoms with Crippen LogP contribution in [0.1, 0.15) is 222 Å². The normalized spacial score (nSPS) is 16.8. The zero-order chi connectivity index (χ0) is 77.1. The first kappa shape index (κ1) is 77.2. The van der Waals surface area contributed by atoms with Crippen LogP contribution in [-0.2, 0) is 32.4 Å². The van der Waals surface area contributed by atoms with Gasteiger partial charge < -0.3 is 29.8 Å². The van der Waals surface area contributed by atoms with E-state index in [1.165, 1.54) is 43.4 Å². The van der Waals surface area contributed by atoms with Gasteiger partial charge in [-0.25, -0.2) is 47.1 Å². The predicted octanol–water partition coefficient (Wildman–Crippen LogP) is 14.7. The molecule has 27 heteroatoms. The van der Waals surface area contributed by atoms with E-state index in [0.29, 0.717) is 88.6 Å². The van der Waals surface area contributed by atoms with E-state index in [-0.39, 0.29) is 87.6 Å². The summed E-state index contributed by atoms with van der Waals surface area (Å²) in [7, 11) is 0. The van der Waals surface area contributed by atoms with Gasteiger partial charge in [-0.05, 0) is 194 Å². The number of aromatic nitrogens is 9. The molecule has 110 heavy (non-hydrogen) atoms. The first-order valence-corrected chi connectivity index (χ1v) is 39.4. The quantitative estimate of drug-likeness (QED) is 0.0549. The molecule has 15 rings (SSSR count). The van der Waals surface area contributed by atoms with Crippen molar-refractivity contribution in [2.45, 2.75) is 182 Å². The molecule has 4 N–H and O–H groups in total. The van der Waals surface area contributed by atoms with E-state index in [0.717, 1.165) is 125 Å². The van der Waals surface area contributed by atoms with Crippen LogP contribution in [0, 0.1) is 23.4 Å². The molecule has 6 amide bonds. The van der Waals surface area contributed by atoms with Crippen LogP contribution in [0.15, 0.2) is 131 Å². The summed E-state index contributed by atoms with van der Waals surface area (Å²) >= 11 is 1.55. The highest BCUT2D eigenvalue weighted by Crippen LogP contribution is 2.32. The molecule has 3 aromatic carbocycles. The molecule has 3 saturated heterocycles. The van der Waals surface area contributed by atoms with Gasteiger partial charge >= 0.3 is 0 Å². The molecule has 3 unspecified atom stereocenters. The molecule has 3 atom stereocenters. The maximum atomic E-state index is 15.1. The van der Waals surface area contributed by atoms with Crippen LogP contribution >= 0.6 is 11.3 Å². The van der Waals surface area contributed by atoms with E-state index >= 15 is 13.2 Å². The van der Waals surface area contributed by atoms with Crippen LogP contribution in [0.25, 0.3) is 50.7 Å².